The number of anilines is 1. The predicted octanol–water partition coefficient (Wildman–Crippen LogP) is 2.29. The Kier molecular flexibility index (Phi) is 5.93. The van der Waals surface area contributed by atoms with Crippen LogP contribution in [0.4, 0.5) is 5.82 Å². The molecule has 0 bridgehead atoms. The fraction of sp³-hybridized carbons (Fsp3) is 0.714. The first-order chi connectivity index (χ1) is 13.2. The first-order valence-corrected chi connectivity index (χ1v) is 10.6. The van der Waals surface area contributed by atoms with E-state index in [9.17, 15) is 4.79 Å². The molecule has 1 saturated carbocycles. The maximum atomic E-state index is 13.1. The summed E-state index contributed by atoms with van der Waals surface area (Å²) < 4.78 is 0. The minimum Gasteiger partial charge on any atom is -0.367 e. The number of piperidine rings is 1. The van der Waals surface area contributed by atoms with Crippen molar-refractivity contribution in [3.63, 3.8) is 0 Å². The number of piperazine rings is 1. The smallest absolute Gasteiger partial charge is 0.257 e. The van der Waals surface area contributed by atoms with Gasteiger partial charge in [0.05, 0.1) is 5.56 Å². The van der Waals surface area contributed by atoms with Crippen LogP contribution in [0.1, 0.15) is 48.9 Å². The number of hydrogen-bond acceptors (Lipinski definition) is 5. The molecule has 1 atom stereocenters. The summed E-state index contributed by atoms with van der Waals surface area (Å²) in [4.78, 5) is 24.7. The summed E-state index contributed by atoms with van der Waals surface area (Å²) in [7, 11) is 2.22. The molecule has 1 aromatic heterocycles. The van der Waals surface area contributed by atoms with Crippen molar-refractivity contribution >= 4 is 11.7 Å². The zero-order chi connectivity index (χ0) is 18.6. The molecule has 1 amide bonds. The van der Waals surface area contributed by atoms with Gasteiger partial charge in [-0.15, -0.1) is 0 Å². The number of carbonyl (C=O) groups is 1. The van der Waals surface area contributed by atoms with Crippen molar-refractivity contribution < 1.29 is 4.79 Å². The Hall–Kier alpha value is -1.66. The average molecular weight is 372 g/mol. The third-order valence-corrected chi connectivity index (χ3v) is 6.45. The van der Waals surface area contributed by atoms with Gasteiger partial charge in [-0.2, -0.15) is 0 Å². The molecule has 3 aliphatic rings. The highest BCUT2D eigenvalue weighted by Crippen LogP contribution is 2.24. The van der Waals surface area contributed by atoms with Gasteiger partial charge < -0.3 is 15.1 Å². The molecule has 6 heteroatoms. The molecule has 1 unspecified atom stereocenters. The lowest BCUT2D eigenvalue weighted by Gasteiger charge is -2.42. The summed E-state index contributed by atoms with van der Waals surface area (Å²) in [5, 5.41) is 3.52. The molecule has 3 heterocycles. The summed E-state index contributed by atoms with van der Waals surface area (Å²) in [5.41, 5.74) is 0.732. The van der Waals surface area contributed by atoms with Crippen LogP contribution in [0.3, 0.4) is 0 Å². The van der Waals surface area contributed by atoms with Crippen LogP contribution in [0.5, 0.6) is 0 Å². The molecule has 1 N–H and O–H groups in total. The van der Waals surface area contributed by atoms with E-state index < -0.39 is 0 Å². The zero-order valence-electron chi connectivity index (χ0n) is 16.6. The van der Waals surface area contributed by atoms with E-state index in [4.69, 9.17) is 0 Å². The van der Waals surface area contributed by atoms with Crippen molar-refractivity contribution in [1.82, 2.24) is 19.7 Å². The second kappa shape index (κ2) is 8.57. The molecule has 0 spiro atoms. The number of amides is 1. The van der Waals surface area contributed by atoms with E-state index in [1.165, 1.54) is 45.1 Å². The van der Waals surface area contributed by atoms with E-state index in [2.05, 4.69) is 27.1 Å². The summed E-state index contributed by atoms with van der Waals surface area (Å²) in [6.45, 7) is 5.97. The van der Waals surface area contributed by atoms with Crippen LogP contribution in [0.25, 0.3) is 0 Å². The van der Waals surface area contributed by atoms with Gasteiger partial charge in [-0.05, 0) is 51.4 Å². The first-order valence-electron chi connectivity index (χ1n) is 10.6. The zero-order valence-corrected chi connectivity index (χ0v) is 16.6. The molecule has 1 aliphatic carbocycles. The molecular weight excluding hydrogens is 338 g/mol. The lowest BCUT2D eigenvalue weighted by molar-refractivity contribution is 0.0452. The van der Waals surface area contributed by atoms with Crippen molar-refractivity contribution in [1.29, 1.82) is 0 Å². The maximum absolute atomic E-state index is 13.1. The van der Waals surface area contributed by atoms with Crippen LogP contribution in [-0.2, 0) is 0 Å². The number of hydrogen-bond donors (Lipinski definition) is 1. The highest BCUT2D eigenvalue weighted by atomic mass is 16.2. The van der Waals surface area contributed by atoms with Crippen LogP contribution < -0.4 is 5.32 Å². The molecule has 2 aliphatic heterocycles. The van der Waals surface area contributed by atoms with Crippen LogP contribution in [0.2, 0.25) is 0 Å². The Morgan fingerprint density at radius 2 is 1.85 bits per heavy atom. The van der Waals surface area contributed by atoms with Crippen LogP contribution in [0.15, 0.2) is 18.3 Å². The van der Waals surface area contributed by atoms with E-state index in [-0.39, 0.29) is 5.91 Å². The largest absolute Gasteiger partial charge is 0.367 e. The molecule has 2 saturated heterocycles. The van der Waals surface area contributed by atoms with Gasteiger partial charge in [0.15, 0.2) is 0 Å². The predicted molar refractivity (Wildman–Crippen MR) is 108 cm³/mol. The number of likely N-dealkylation sites (N-methyl/N-ethyl adjacent to an activating group) is 1. The van der Waals surface area contributed by atoms with Gasteiger partial charge in [0.25, 0.3) is 5.91 Å². The Bertz CT molecular complexity index is 637. The van der Waals surface area contributed by atoms with Crippen molar-refractivity contribution in [3.8, 4) is 0 Å². The Morgan fingerprint density at radius 1 is 1.07 bits per heavy atom. The monoisotopic (exact) mass is 371 g/mol. The minimum absolute atomic E-state index is 0.129. The molecule has 6 nitrogen and oxygen atoms in total. The summed E-state index contributed by atoms with van der Waals surface area (Å²) in [6, 6.07) is 4.92. The fourth-order valence-corrected chi connectivity index (χ4v) is 4.85. The summed E-state index contributed by atoms with van der Waals surface area (Å²) in [6.07, 6.45) is 9.25. The van der Waals surface area contributed by atoms with Gasteiger partial charge >= 0.3 is 0 Å². The molecule has 4 rings (SSSR count). The van der Waals surface area contributed by atoms with E-state index in [0.717, 1.165) is 44.1 Å². The number of likely N-dealkylation sites (tertiary alicyclic amines) is 1. The van der Waals surface area contributed by atoms with Crippen molar-refractivity contribution in [2.24, 2.45) is 0 Å². The lowest BCUT2D eigenvalue weighted by atomic mass is 10.0. The van der Waals surface area contributed by atoms with Gasteiger partial charge in [0.1, 0.15) is 5.82 Å². The number of rotatable bonds is 4. The third kappa shape index (κ3) is 4.43. The number of nitrogens with one attached hydrogen (secondary N) is 1. The van der Waals surface area contributed by atoms with Crippen molar-refractivity contribution in [3.05, 3.63) is 23.9 Å². The van der Waals surface area contributed by atoms with Crippen molar-refractivity contribution in [2.75, 3.05) is 51.6 Å². The normalized spacial score (nSPS) is 25.7. The number of pyridine rings is 1. The standard InChI is InChI=1S/C21H33N5O/c1-24-11-5-8-18(16-24)25-12-14-26(15-13-25)21(27)19-9-4-10-22-20(19)23-17-6-2-3-7-17/h4,9-10,17-18H,2-3,5-8,11-16H2,1H3,(H,22,23). The second-order valence-electron chi connectivity index (χ2n) is 8.41. The number of nitrogens with zero attached hydrogens (tertiary/aromatic N) is 4. The van der Waals surface area contributed by atoms with E-state index in [1.807, 2.05) is 17.0 Å². The highest BCUT2D eigenvalue weighted by molar-refractivity contribution is 5.98. The van der Waals surface area contributed by atoms with Crippen LogP contribution in [-0.4, -0.2) is 84.0 Å². The Balaban J connectivity index is 1.36. The fourth-order valence-electron chi connectivity index (χ4n) is 4.85. The van der Waals surface area contributed by atoms with E-state index >= 15 is 0 Å². The number of aromatic nitrogens is 1. The van der Waals surface area contributed by atoms with Crippen molar-refractivity contribution in [2.45, 2.75) is 50.6 Å². The second-order valence-corrected chi connectivity index (χ2v) is 8.41. The van der Waals surface area contributed by atoms with Crippen LogP contribution >= 0.6 is 0 Å². The molecule has 3 fully saturated rings. The first kappa shape index (κ1) is 18.7. The quantitative estimate of drug-likeness (QED) is 0.880. The molecule has 0 aromatic carbocycles. The average Bonchev–Trinajstić information content (AvgIpc) is 3.21. The third-order valence-electron chi connectivity index (χ3n) is 6.45. The Morgan fingerprint density at radius 3 is 2.59 bits per heavy atom. The maximum Gasteiger partial charge on any atom is 0.257 e. The van der Waals surface area contributed by atoms with Gasteiger partial charge in [0, 0.05) is 51.0 Å². The van der Waals surface area contributed by atoms with Crippen LogP contribution in [0, 0.1) is 0 Å². The molecular formula is C21H33N5O. The molecule has 0 radical (unpaired) electrons. The van der Waals surface area contributed by atoms with Gasteiger partial charge in [-0.25, -0.2) is 4.98 Å². The minimum atomic E-state index is 0.129. The summed E-state index contributed by atoms with van der Waals surface area (Å²) >= 11 is 0. The van der Waals surface area contributed by atoms with Gasteiger partial charge in [-0.1, -0.05) is 12.8 Å². The van der Waals surface area contributed by atoms with E-state index in [1.54, 1.807) is 6.20 Å². The summed E-state index contributed by atoms with van der Waals surface area (Å²) in [5.74, 6) is 0.898. The molecule has 148 valence electrons. The SMILES string of the molecule is CN1CCCC(N2CCN(C(=O)c3cccnc3NC3CCCC3)CC2)C1. The topological polar surface area (TPSA) is 51.7 Å². The molecule has 27 heavy (non-hydrogen) atoms. The molecule has 1 aromatic rings. The number of carbonyl (C=O) groups excluding carboxylic acids is 1. The lowest BCUT2D eigenvalue weighted by Crippen LogP contribution is -2.55. The van der Waals surface area contributed by atoms with E-state index in [0.29, 0.717) is 12.1 Å². The Labute approximate surface area is 162 Å². The van der Waals surface area contributed by atoms with Gasteiger partial charge in [0.2, 0.25) is 0 Å². The highest BCUT2D eigenvalue weighted by Gasteiger charge is 2.30. The van der Waals surface area contributed by atoms with Gasteiger partial charge in [-0.3, -0.25) is 9.69 Å².